The number of amides is 1. The van der Waals surface area contributed by atoms with E-state index in [4.69, 9.17) is 0 Å². The van der Waals surface area contributed by atoms with E-state index in [9.17, 15) is 14.3 Å². The molecule has 1 atom stereocenters. The molecule has 0 spiro atoms. The zero-order chi connectivity index (χ0) is 15.0. The molecule has 1 amide bonds. The van der Waals surface area contributed by atoms with Crippen LogP contribution in [0, 0.1) is 11.7 Å². The summed E-state index contributed by atoms with van der Waals surface area (Å²) in [6, 6.07) is 6.10. The van der Waals surface area contributed by atoms with Crippen LogP contribution in [0.15, 0.2) is 24.3 Å². The summed E-state index contributed by atoms with van der Waals surface area (Å²) in [6.07, 6.45) is 1.54. The maximum Gasteiger partial charge on any atom is 0.230 e. The van der Waals surface area contributed by atoms with Crippen molar-refractivity contribution in [1.29, 1.82) is 0 Å². The number of aliphatic hydroxyl groups is 1. The van der Waals surface area contributed by atoms with Gasteiger partial charge >= 0.3 is 0 Å². The molecule has 1 aliphatic rings. The number of halogens is 1. The molecule has 1 fully saturated rings. The lowest BCUT2D eigenvalue weighted by atomic mass is 9.91. The van der Waals surface area contributed by atoms with E-state index in [1.54, 1.807) is 19.1 Å². The normalized spacial score (nSPS) is 19.5. The molecule has 0 heterocycles. The lowest BCUT2D eigenvalue weighted by Crippen LogP contribution is -2.47. The molecule has 0 radical (unpaired) electrons. The van der Waals surface area contributed by atoms with Gasteiger partial charge in [-0.15, -0.1) is 0 Å². The van der Waals surface area contributed by atoms with Crippen LogP contribution in [0.3, 0.4) is 0 Å². The minimum Gasteiger partial charge on any atom is -0.388 e. The quantitative estimate of drug-likeness (QED) is 0.869. The third-order valence-electron chi connectivity index (χ3n) is 4.43. The van der Waals surface area contributed by atoms with Crippen molar-refractivity contribution in [2.75, 3.05) is 6.54 Å². The summed E-state index contributed by atoms with van der Waals surface area (Å²) in [5.41, 5.74) is -0.601. The Hall–Kier alpha value is -1.42. The molecule has 0 aliphatic heterocycles. The Morgan fingerprint density at radius 3 is 2.40 bits per heavy atom. The highest BCUT2D eigenvalue weighted by Crippen LogP contribution is 2.48. The molecule has 0 aromatic heterocycles. The molecule has 0 saturated heterocycles. The predicted octanol–water partition coefficient (Wildman–Crippen LogP) is 2.38. The van der Waals surface area contributed by atoms with E-state index in [0.717, 1.165) is 18.4 Å². The summed E-state index contributed by atoms with van der Waals surface area (Å²) in [7, 11) is 0. The van der Waals surface area contributed by atoms with Crippen LogP contribution < -0.4 is 5.32 Å². The number of hydrogen-bond donors (Lipinski definition) is 2. The topological polar surface area (TPSA) is 49.3 Å². The first-order valence-electron chi connectivity index (χ1n) is 7.05. The van der Waals surface area contributed by atoms with Gasteiger partial charge in [0.1, 0.15) is 5.82 Å². The summed E-state index contributed by atoms with van der Waals surface area (Å²) in [5, 5.41) is 13.0. The molecular formula is C16H22FNO2. The summed E-state index contributed by atoms with van der Waals surface area (Å²) in [4.78, 5) is 12.4. The predicted molar refractivity (Wildman–Crippen MR) is 75.8 cm³/mol. The van der Waals surface area contributed by atoms with E-state index in [0.29, 0.717) is 0 Å². The first-order chi connectivity index (χ1) is 9.28. The molecule has 2 rings (SSSR count). The summed E-state index contributed by atoms with van der Waals surface area (Å²) in [5.74, 6) is -0.318. The highest BCUT2D eigenvalue weighted by molar-refractivity contribution is 5.91. The van der Waals surface area contributed by atoms with Crippen LogP contribution in [0.1, 0.15) is 39.2 Å². The van der Waals surface area contributed by atoms with Gasteiger partial charge in [0, 0.05) is 6.54 Å². The molecule has 1 saturated carbocycles. The first-order valence-corrected chi connectivity index (χ1v) is 7.05. The zero-order valence-electron chi connectivity index (χ0n) is 12.2. The lowest BCUT2D eigenvalue weighted by Gasteiger charge is -2.29. The number of carbonyl (C=O) groups is 1. The molecule has 0 bridgehead atoms. The Bertz CT molecular complexity index is 490. The monoisotopic (exact) mass is 279 g/mol. The van der Waals surface area contributed by atoms with Crippen LogP contribution in [-0.4, -0.2) is 23.2 Å². The molecule has 1 aromatic carbocycles. The second-order valence-electron chi connectivity index (χ2n) is 6.28. The second kappa shape index (κ2) is 5.17. The van der Waals surface area contributed by atoms with E-state index in [2.05, 4.69) is 5.32 Å². The molecule has 2 N–H and O–H groups in total. The van der Waals surface area contributed by atoms with Crippen molar-refractivity contribution < 1.29 is 14.3 Å². The minimum absolute atomic E-state index is 0.0591. The van der Waals surface area contributed by atoms with Gasteiger partial charge in [-0.2, -0.15) is 0 Å². The van der Waals surface area contributed by atoms with E-state index >= 15 is 0 Å². The Kier molecular flexibility index (Phi) is 3.87. The molecule has 110 valence electrons. The van der Waals surface area contributed by atoms with Crippen LogP contribution in [0.25, 0.3) is 0 Å². The van der Waals surface area contributed by atoms with Crippen LogP contribution in [0.2, 0.25) is 0 Å². The van der Waals surface area contributed by atoms with Gasteiger partial charge in [0.15, 0.2) is 0 Å². The molecule has 1 aromatic rings. The third kappa shape index (κ3) is 2.85. The van der Waals surface area contributed by atoms with Gasteiger partial charge < -0.3 is 10.4 Å². The van der Waals surface area contributed by atoms with Gasteiger partial charge in [-0.05, 0) is 43.4 Å². The summed E-state index contributed by atoms with van der Waals surface area (Å²) in [6.45, 7) is 5.78. The summed E-state index contributed by atoms with van der Waals surface area (Å²) >= 11 is 0. The van der Waals surface area contributed by atoms with E-state index < -0.39 is 11.0 Å². The van der Waals surface area contributed by atoms with Crippen molar-refractivity contribution in [2.45, 2.75) is 44.6 Å². The second-order valence-corrected chi connectivity index (χ2v) is 6.28. The lowest BCUT2D eigenvalue weighted by molar-refractivity contribution is -0.125. The number of benzene rings is 1. The van der Waals surface area contributed by atoms with Crippen LogP contribution in [-0.2, 0) is 10.2 Å². The molecule has 1 aliphatic carbocycles. The largest absolute Gasteiger partial charge is 0.388 e. The van der Waals surface area contributed by atoms with Crippen molar-refractivity contribution in [3.63, 3.8) is 0 Å². The van der Waals surface area contributed by atoms with Crippen molar-refractivity contribution in [3.8, 4) is 0 Å². The molecule has 1 unspecified atom stereocenters. The van der Waals surface area contributed by atoms with Crippen LogP contribution >= 0.6 is 0 Å². The maximum atomic E-state index is 13.0. The average Bonchev–Trinajstić information content (AvgIpc) is 3.18. The van der Waals surface area contributed by atoms with E-state index in [-0.39, 0.29) is 24.2 Å². The van der Waals surface area contributed by atoms with Crippen molar-refractivity contribution >= 4 is 5.91 Å². The number of rotatable bonds is 5. The van der Waals surface area contributed by atoms with Gasteiger partial charge in [0.25, 0.3) is 0 Å². The Labute approximate surface area is 119 Å². The molecule has 3 nitrogen and oxygen atoms in total. The fraction of sp³-hybridized carbons (Fsp3) is 0.562. The zero-order valence-corrected chi connectivity index (χ0v) is 12.2. The van der Waals surface area contributed by atoms with Gasteiger partial charge in [-0.1, -0.05) is 26.0 Å². The van der Waals surface area contributed by atoms with Gasteiger partial charge in [-0.3, -0.25) is 4.79 Å². The average molecular weight is 279 g/mol. The van der Waals surface area contributed by atoms with Crippen LogP contribution in [0.5, 0.6) is 0 Å². The minimum atomic E-state index is -0.922. The summed E-state index contributed by atoms with van der Waals surface area (Å²) < 4.78 is 13.0. The van der Waals surface area contributed by atoms with Crippen molar-refractivity contribution in [3.05, 3.63) is 35.6 Å². The SMILES string of the molecule is CC(C)C(C)(O)CNC(=O)C1(c2ccc(F)cc2)CC1. The highest BCUT2D eigenvalue weighted by Gasteiger charge is 2.51. The fourth-order valence-corrected chi connectivity index (χ4v) is 2.17. The van der Waals surface area contributed by atoms with E-state index in [1.165, 1.54) is 12.1 Å². The number of hydrogen-bond acceptors (Lipinski definition) is 2. The highest BCUT2D eigenvalue weighted by atomic mass is 19.1. The standard InChI is InChI=1S/C16H22FNO2/c1-11(2)15(3,20)10-18-14(19)16(8-9-16)12-4-6-13(17)7-5-12/h4-7,11,20H,8-10H2,1-3H3,(H,18,19). The molecular weight excluding hydrogens is 257 g/mol. The van der Waals surface area contributed by atoms with E-state index in [1.807, 2.05) is 13.8 Å². The molecule has 20 heavy (non-hydrogen) atoms. The van der Waals surface area contributed by atoms with Gasteiger partial charge in [-0.25, -0.2) is 4.39 Å². The fourth-order valence-electron chi connectivity index (χ4n) is 2.17. The Morgan fingerprint density at radius 2 is 1.95 bits per heavy atom. The maximum absolute atomic E-state index is 13.0. The van der Waals surface area contributed by atoms with Crippen LogP contribution in [0.4, 0.5) is 4.39 Å². The van der Waals surface area contributed by atoms with Crippen molar-refractivity contribution in [2.24, 2.45) is 5.92 Å². The first kappa shape index (κ1) is 15.0. The Balaban J connectivity index is 2.04. The van der Waals surface area contributed by atoms with Gasteiger partial charge in [0.2, 0.25) is 5.91 Å². The Morgan fingerprint density at radius 1 is 1.40 bits per heavy atom. The third-order valence-corrected chi connectivity index (χ3v) is 4.43. The number of carbonyl (C=O) groups excluding carboxylic acids is 1. The van der Waals surface area contributed by atoms with Gasteiger partial charge in [0.05, 0.1) is 11.0 Å². The molecule has 4 heteroatoms. The number of nitrogens with one attached hydrogen (secondary N) is 1. The van der Waals surface area contributed by atoms with Crippen molar-refractivity contribution in [1.82, 2.24) is 5.32 Å². The smallest absolute Gasteiger partial charge is 0.230 e.